The van der Waals surface area contributed by atoms with Crippen molar-refractivity contribution in [3.05, 3.63) is 35.4 Å². The average molecular weight is 309 g/mol. The molecule has 1 unspecified atom stereocenters. The largest absolute Gasteiger partial charge is 0.293 e. The first-order chi connectivity index (χ1) is 9.70. The molecular formula is C17H21ClOS. The second-order valence-electron chi connectivity index (χ2n) is 5.16. The van der Waals surface area contributed by atoms with Crippen molar-refractivity contribution in [1.82, 2.24) is 0 Å². The second-order valence-corrected chi connectivity index (χ2v) is 6.86. The van der Waals surface area contributed by atoms with Crippen molar-refractivity contribution >= 4 is 35.2 Å². The number of hydrogen-bond acceptors (Lipinski definition) is 2. The zero-order chi connectivity index (χ0) is 14.4. The van der Waals surface area contributed by atoms with Crippen LogP contribution in [0.1, 0.15) is 44.6 Å². The van der Waals surface area contributed by atoms with Crippen molar-refractivity contribution in [3.8, 4) is 0 Å². The summed E-state index contributed by atoms with van der Waals surface area (Å²) in [6.45, 7) is 2.21. The molecule has 20 heavy (non-hydrogen) atoms. The molecule has 0 radical (unpaired) electrons. The lowest BCUT2D eigenvalue weighted by Crippen LogP contribution is -2.21. The first kappa shape index (κ1) is 15.7. The van der Waals surface area contributed by atoms with Crippen molar-refractivity contribution in [2.24, 2.45) is 0 Å². The van der Waals surface area contributed by atoms with Crippen molar-refractivity contribution in [2.75, 3.05) is 5.75 Å². The van der Waals surface area contributed by atoms with Crippen molar-refractivity contribution in [2.45, 2.75) is 49.3 Å². The molecule has 0 amide bonds. The monoisotopic (exact) mass is 308 g/mol. The van der Waals surface area contributed by atoms with Crippen LogP contribution in [0.15, 0.2) is 34.7 Å². The minimum absolute atomic E-state index is 0.110. The molecular weight excluding hydrogens is 288 g/mol. The SMILES string of the molecule is CCCCSc1ccc(C=C2CCCC(Cl)C2=O)cc1. The van der Waals surface area contributed by atoms with Gasteiger partial charge >= 0.3 is 0 Å². The zero-order valence-electron chi connectivity index (χ0n) is 11.9. The number of carbonyl (C=O) groups is 1. The molecule has 1 aromatic rings. The molecule has 0 aliphatic heterocycles. The minimum atomic E-state index is -0.320. The Morgan fingerprint density at radius 3 is 2.80 bits per heavy atom. The van der Waals surface area contributed by atoms with Gasteiger partial charge in [0.05, 0.1) is 5.38 Å². The summed E-state index contributed by atoms with van der Waals surface area (Å²) in [7, 11) is 0. The van der Waals surface area contributed by atoms with Crippen LogP contribution in [0.4, 0.5) is 0 Å². The number of unbranched alkanes of at least 4 members (excludes halogenated alkanes) is 1. The van der Waals surface area contributed by atoms with Crippen LogP contribution in [0, 0.1) is 0 Å². The molecule has 1 aromatic carbocycles. The lowest BCUT2D eigenvalue weighted by molar-refractivity contribution is -0.116. The highest BCUT2D eigenvalue weighted by atomic mass is 35.5. The molecule has 1 saturated carbocycles. The van der Waals surface area contributed by atoms with Crippen LogP contribution in [0.3, 0.4) is 0 Å². The third-order valence-electron chi connectivity index (χ3n) is 3.49. The van der Waals surface area contributed by atoms with Crippen molar-refractivity contribution in [3.63, 3.8) is 0 Å². The lowest BCUT2D eigenvalue weighted by Gasteiger charge is -2.17. The standard InChI is InChI=1S/C17H21ClOS/c1-2-3-11-20-15-9-7-13(8-10-15)12-14-5-4-6-16(18)17(14)19/h7-10,12,16H,2-6,11H2,1H3. The number of carbonyl (C=O) groups excluding carboxylic acids is 1. The number of alkyl halides is 1. The van der Waals surface area contributed by atoms with E-state index in [9.17, 15) is 4.79 Å². The Labute approximate surface area is 130 Å². The number of halogens is 1. The summed E-state index contributed by atoms with van der Waals surface area (Å²) in [5, 5.41) is -0.320. The second kappa shape index (κ2) is 7.90. The van der Waals surface area contributed by atoms with Gasteiger partial charge in [0.2, 0.25) is 0 Å². The molecule has 108 valence electrons. The van der Waals surface area contributed by atoms with E-state index >= 15 is 0 Å². The molecule has 0 heterocycles. The molecule has 1 aliphatic rings. The summed E-state index contributed by atoms with van der Waals surface area (Å²) in [4.78, 5) is 13.3. The Morgan fingerprint density at radius 2 is 2.10 bits per heavy atom. The third kappa shape index (κ3) is 4.39. The maximum atomic E-state index is 12.0. The molecule has 0 saturated heterocycles. The van der Waals surface area contributed by atoms with E-state index < -0.39 is 0 Å². The summed E-state index contributed by atoms with van der Waals surface area (Å²) >= 11 is 7.92. The van der Waals surface area contributed by atoms with Gasteiger partial charge in [0.15, 0.2) is 5.78 Å². The fraction of sp³-hybridized carbons (Fsp3) is 0.471. The molecule has 3 heteroatoms. The highest BCUT2D eigenvalue weighted by Gasteiger charge is 2.24. The van der Waals surface area contributed by atoms with E-state index in [0.29, 0.717) is 0 Å². The topological polar surface area (TPSA) is 17.1 Å². The summed E-state index contributed by atoms with van der Waals surface area (Å²) in [5.41, 5.74) is 1.97. The van der Waals surface area contributed by atoms with Gasteiger partial charge in [0.1, 0.15) is 0 Å². The molecule has 1 fully saturated rings. The molecule has 0 bridgehead atoms. The maximum absolute atomic E-state index is 12.0. The van der Waals surface area contributed by atoms with E-state index in [-0.39, 0.29) is 11.2 Å². The van der Waals surface area contributed by atoms with E-state index in [1.807, 2.05) is 17.8 Å². The smallest absolute Gasteiger partial charge is 0.176 e. The van der Waals surface area contributed by atoms with Crippen molar-refractivity contribution < 1.29 is 4.79 Å². The summed E-state index contributed by atoms with van der Waals surface area (Å²) in [6, 6.07) is 8.45. The van der Waals surface area contributed by atoms with Gasteiger partial charge in [0, 0.05) is 4.90 Å². The highest BCUT2D eigenvalue weighted by molar-refractivity contribution is 7.99. The Morgan fingerprint density at radius 1 is 1.35 bits per heavy atom. The van der Waals surface area contributed by atoms with Crippen LogP contribution >= 0.6 is 23.4 Å². The van der Waals surface area contributed by atoms with Crippen LogP contribution in [0.5, 0.6) is 0 Å². The molecule has 1 aliphatic carbocycles. The number of Topliss-reactive ketones (excluding diaryl/α,β-unsaturated/α-hetero) is 1. The summed E-state index contributed by atoms with van der Waals surface area (Å²) in [5.74, 6) is 1.28. The fourth-order valence-electron chi connectivity index (χ4n) is 2.27. The van der Waals surface area contributed by atoms with E-state index in [0.717, 1.165) is 30.4 Å². The lowest BCUT2D eigenvalue weighted by atomic mass is 9.92. The Hall–Kier alpha value is -0.730. The van der Waals surface area contributed by atoms with Gasteiger partial charge in [-0.1, -0.05) is 25.5 Å². The van der Waals surface area contributed by atoms with E-state index in [1.54, 1.807) is 0 Å². The summed E-state index contributed by atoms with van der Waals surface area (Å²) in [6.07, 6.45) is 7.16. The molecule has 1 atom stereocenters. The van der Waals surface area contributed by atoms with Gasteiger partial charge in [-0.15, -0.1) is 23.4 Å². The predicted octanol–water partition coefficient (Wildman–Crippen LogP) is 5.32. The summed E-state index contributed by atoms with van der Waals surface area (Å²) < 4.78 is 0. The number of allylic oxidation sites excluding steroid dienone is 1. The Kier molecular flexibility index (Phi) is 6.18. The minimum Gasteiger partial charge on any atom is -0.293 e. The fourth-order valence-corrected chi connectivity index (χ4v) is 3.56. The van der Waals surface area contributed by atoms with Crippen LogP contribution in [-0.2, 0) is 4.79 Å². The van der Waals surface area contributed by atoms with Crippen LogP contribution in [-0.4, -0.2) is 16.9 Å². The van der Waals surface area contributed by atoms with Gasteiger partial charge in [-0.25, -0.2) is 0 Å². The quantitative estimate of drug-likeness (QED) is 0.317. The van der Waals surface area contributed by atoms with Crippen molar-refractivity contribution in [1.29, 1.82) is 0 Å². The normalized spacial score (nSPS) is 21.4. The average Bonchev–Trinajstić information content (AvgIpc) is 2.46. The van der Waals surface area contributed by atoms with Gasteiger partial charge in [-0.2, -0.15) is 0 Å². The highest BCUT2D eigenvalue weighted by Crippen LogP contribution is 2.26. The number of ketones is 1. The van der Waals surface area contributed by atoms with Gasteiger partial charge in [-0.3, -0.25) is 4.79 Å². The number of hydrogen-bond donors (Lipinski definition) is 0. The molecule has 2 rings (SSSR count). The van der Waals surface area contributed by atoms with Gasteiger partial charge in [-0.05, 0) is 60.8 Å². The van der Waals surface area contributed by atoms with Crippen LogP contribution < -0.4 is 0 Å². The third-order valence-corrected chi connectivity index (χ3v) is 5.01. The first-order valence-electron chi connectivity index (χ1n) is 7.32. The van der Waals surface area contributed by atoms with Crippen LogP contribution in [0.2, 0.25) is 0 Å². The first-order valence-corrected chi connectivity index (χ1v) is 8.74. The molecule has 0 spiro atoms. The Balaban J connectivity index is 2.01. The maximum Gasteiger partial charge on any atom is 0.176 e. The zero-order valence-corrected chi connectivity index (χ0v) is 13.5. The van der Waals surface area contributed by atoms with E-state index in [4.69, 9.17) is 11.6 Å². The molecule has 0 N–H and O–H groups in total. The predicted molar refractivity (Wildman–Crippen MR) is 88.6 cm³/mol. The molecule has 0 aromatic heterocycles. The van der Waals surface area contributed by atoms with Gasteiger partial charge < -0.3 is 0 Å². The van der Waals surface area contributed by atoms with Crippen LogP contribution in [0.25, 0.3) is 6.08 Å². The Bertz CT molecular complexity index is 478. The molecule has 1 nitrogen and oxygen atoms in total. The number of rotatable bonds is 5. The van der Waals surface area contributed by atoms with E-state index in [2.05, 4.69) is 31.2 Å². The van der Waals surface area contributed by atoms with E-state index in [1.165, 1.54) is 23.5 Å². The number of benzene rings is 1. The van der Waals surface area contributed by atoms with Gasteiger partial charge in [0.25, 0.3) is 0 Å². The number of thioether (sulfide) groups is 1.